The standard InChI is InChI=1S/C25H24F3N5O/c26-25(27,28)18-10-8-17(9-11-18)19-15-30-31-24(19)22-7-3-4-13-33(22)23(34)12-14-32-16-29-20-5-1-2-6-21(20)32/h1-2,5-6,8-11,15-16,22H,3-4,7,12-14H2,(H,30,31)/t22-/m0/s1. The van der Waals surface area contributed by atoms with Crippen molar-refractivity contribution in [1.82, 2.24) is 24.6 Å². The second-order valence-corrected chi connectivity index (χ2v) is 8.55. The van der Waals surface area contributed by atoms with Gasteiger partial charge in [0.15, 0.2) is 0 Å². The number of halogens is 3. The van der Waals surface area contributed by atoms with Crippen LogP contribution in [-0.4, -0.2) is 37.1 Å². The molecule has 0 unspecified atom stereocenters. The molecule has 2 aromatic heterocycles. The van der Waals surface area contributed by atoms with E-state index in [9.17, 15) is 18.0 Å². The third-order valence-corrected chi connectivity index (χ3v) is 6.44. The van der Waals surface area contributed by atoms with Crippen molar-refractivity contribution in [3.05, 3.63) is 72.3 Å². The molecule has 0 radical (unpaired) electrons. The van der Waals surface area contributed by atoms with Crippen LogP contribution in [0.4, 0.5) is 13.2 Å². The number of piperidine rings is 1. The smallest absolute Gasteiger partial charge is 0.334 e. The first kappa shape index (κ1) is 22.2. The van der Waals surface area contributed by atoms with Gasteiger partial charge in [0.05, 0.1) is 40.9 Å². The zero-order chi connectivity index (χ0) is 23.7. The molecule has 9 heteroatoms. The van der Waals surface area contributed by atoms with Crippen molar-refractivity contribution in [2.75, 3.05) is 6.54 Å². The number of hydrogen-bond acceptors (Lipinski definition) is 3. The molecule has 0 spiro atoms. The number of amides is 1. The number of carbonyl (C=O) groups is 1. The van der Waals surface area contributed by atoms with E-state index in [4.69, 9.17) is 0 Å². The maximum absolute atomic E-state index is 13.3. The summed E-state index contributed by atoms with van der Waals surface area (Å²) in [4.78, 5) is 19.5. The number of rotatable bonds is 5. The number of aromatic amines is 1. The Morgan fingerprint density at radius 1 is 1.09 bits per heavy atom. The van der Waals surface area contributed by atoms with E-state index in [0.29, 0.717) is 25.1 Å². The van der Waals surface area contributed by atoms with Crippen LogP contribution in [0.15, 0.2) is 61.1 Å². The van der Waals surface area contributed by atoms with Gasteiger partial charge in [0.1, 0.15) is 0 Å². The molecule has 0 aliphatic carbocycles. The van der Waals surface area contributed by atoms with Gasteiger partial charge in [-0.25, -0.2) is 4.98 Å². The van der Waals surface area contributed by atoms with Crippen molar-refractivity contribution in [2.45, 2.75) is 44.4 Å². The van der Waals surface area contributed by atoms with Crippen molar-refractivity contribution in [3.63, 3.8) is 0 Å². The Labute approximate surface area is 194 Å². The van der Waals surface area contributed by atoms with Crippen molar-refractivity contribution in [3.8, 4) is 11.1 Å². The highest BCUT2D eigenvalue weighted by Gasteiger charge is 2.32. The molecule has 1 atom stereocenters. The number of likely N-dealkylation sites (tertiary alicyclic amines) is 1. The number of imidazole rings is 1. The van der Waals surface area contributed by atoms with E-state index in [2.05, 4.69) is 15.2 Å². The molecule has 1 aliphatic rings. The maximum Gasteiger partial charge on any atom is 0.416 e. The van der Waals surface area contributed by atoms with Crippen LogP contribution in [0, 0.1) is 0 Å². The fourth-order valence-electron chi connectivity index (χ4n) is 4.70. The van der Waals surface area contributed by atoms with Crippen LogP contribution in [-0.2, 0) is 17.5 Å². The fraction of sp³-hybridized carbons (Fsp3) is 0.320. The van der Waals surface area contributed by atoms with E-state index in [-0.39, 0.29) is 11.9 Å². The number of H-pyrrole nitrogens is 1. The van der Waals surface area contributed by atoms with Crippen LogP contribution in [0.3, 0.4) is 0 Å². The van der Waals surface area contributed by atoms with E-state index in [1.807, 2.05) is 33.7 Å². The first-order valence-electron chi connectivity index (χ1n) is 11.3. The van der Waals surface area contributed by atoms with Crippen LogP contribution in [0.5, 0.6) is 0 Å². The zero-order valence-corrected chi connectivity index (χ0v) is 18.4. The summed E-state index contributed by atoms with van der Waals surface area (Å²) in [6, 6.07) is 12.7. The molecule has 1 N–H and O–H groups in total. The predicted octanol–water partition coefficient (Wildman–Crippen LogP) is 5.59. The average molecular weight is 467 g/mol. The number of aromatic nitrogens is 4. The topological polar surface area (TPSA) is 66.8 Å². The van der Waals surface area contributed by atoms with Gasteiger partial charge in [-0.1, -0.05) is 24.3 Å². The van der Waals surface area contributed by atoms with Gasteiger partial charge < -0.3 is 9.47 Å². The molecular weight excluding hydrogens is 443 g/mol. The highest BCUT2D eigenvalue weighted by Crippen LogP contribution is 2.37. The molecule has 1 amide bonds. The largest absolute Gasteiger partial charge is 0.416 e. The number of hydrogen-bond donors (Lipinski definition) is 1. The summed E-state index contributed by atoms with van der Waals surface area (Å²) in [6.07, 6.45) is 1.98. The monoisotopic (exact) mass is 467 g/mol. The summed E-state index contributed by atoms with van der Waals surface area (Å²) in [5.74, 6) is 0.0375. The van der Waals surface area contributed by atoms with Crippen molar-refractivity contribution < 1.29 is 18.0 Å². The highest BCUT2D eigenvalue weighted by atomic mass is 19.4. The molecule has 5 rings (SSSR count). The molecule has 3 heterocycles. The summed E-state index contributed by atoms with van der Waals surface area (Å²) >= 11 is 0. The summed E-state index contributed by atoms with van der Waals surface area (Å²) in [7, 11) is 0. The Morgan fingerprint density at radius 3 is 2.68 bits per heavy atom. The quantitative estimate of drug-likeness (QED) is 0.416. The second-order valence-electron chi connectivity index (χ2n) is 8.55. The molecule has 1 aliphatic heterocycles. The van der Waals surface area contributed by atoms with Crippen molar-refractivity contribution >= 4 is 16.9 Å². The Kier molecular flexibility index (Phi) is 5.85. The molecule has 2 aromatic carbocycles. The Bertz CT molecular complexity index is 1290. The minimum absolute atomic E-state index is 0.0375. The van der Waals surface area contributed by atoms with Crippen LogP contribution in [0.1, 0.15) is 43.0 Å². The van der Waals surface area contributed by atoms with Gasteiger partial charge in [-0.2, -0.15) is 18.3 Å². The van der Waals surface area contributed by atoms with Crippen molar-refractivity contribution in [1.29, 1.82) is 0 Å². The molecule has 176 valence electrons. The maximum atomic E-state index is 13.3. The number of carbonyl (C=O) groups excluding carboxylic acids is 1. The number of para-hydroxylation sites is 2. The molecule has 0 bridgehead atoms. The normalized spacial score (nSPS) is 16.8. The zero-order valence-electron chi connectivity index (χ0n) is 18.4. The lowest BCUT2D eigenvalue weighted by Crippen LogP contribution is -2.39. The first-order valence-corrected chi connectivity index (χ1v) is 11.3. The van der Waals surface area contributed by atoms with Gasteiger partial charge in [0.2, 0.25) is 5.91 Å². The molecule has 1 saturated heterocycles. The summed E-state index contributed by atoms with van der Waals surface area (Å²) in [6.45, 7) is 1.16. The minimum Gasteiger partial charge on any atom is -0.334 e. The Hall–Kier alpha value is -3.62. The third-order valence-electron chi connectivity index (χ3n) is 6.44. The Morgan fingerprint density at radius 2 is 1.88 bits per heavy atom. The molecule has 6 nitrogen and oxygen atoms in total. The second kappa shape index (κ2) is 8.96. The van der Waals surface area contributed by atoms with Gasteiger partial charge in [0.25, 0.3) is 0 Å². The minimum atomic E-state index is -4.38. The summed E-state index contributed by atoms with van der Waals surface area (Å²) in [5, 5.41) is 7.18. The van der Waals surface area contributed by atoms with Crippen LogP contribution >= 0.6 is 0 Å². The number of nitrogens with one attached hydrogen (secondary N) is 1. The van der Waals surface area contributed by atoms with Gasteiger partial charge in [0, 0.05) is 25.1 Å². The van der Waals surface area contributed by atoms with E-state index in [0.717, 1.165) is 53.7 Å². The van der Waals surface area contributed by atoms with Crippen LogP contribution < -0.4 is 0 Å². The predicted molar refractivity (Wildman–Crippen MR) is 122 cm³/mol. The number of nitrogens with zero attached hydrogens (tertiary/aromatic N) is 4. The van der Waals surface area contributed by atoms with Gasteiger partial charge in [-0.15, -0.1) is 0 Å². The summed E-state index contributed by atoms with van der Waals surface area (Å²) < 4.78 is 40.9. The molecular formula is C25H24F3N5O. The molecule has 4 aromatic rings. The number of aryl methyl sites for hydroxylation is 1. The molecule has 0 saturated carbocycles. The van der Waals surface area contributed by atoms with Gasteiger partial charge >= 0.3 is 6.18 Å². The average Bonchev–Trinajstić information content (AvgIpc) is 3.49. The number of fused-ring (bicyclic) bond motifs is 1. The summed E-state index contributed by atoms with van der Waals surface area (Å²) in [5.41, 5.74) is 3.32. The first-order chi connectivity index (χ1) is 16.4. The Balaban J connectivity index is 1.35. The van der Waals surface area contributed by atoms with E-state index in [1.165, 1.54) is 12.1 Å². The molecule has 1 fully saturated rings. The SMILES string of the molecule is O=C(CCn1cnc2ccccc21)N1CCCC[C@H]1c1[nH]ncc1-c1ccc(C(F)(F)F)cc1. The van der Waals surface area contributed by atoms with E-state index >= 15 is 0 Å². The lowest BCUT2D eigenvalue weighted by atomic mass is 9.94. The molecule has 34 heavy (non-hydrogen) atoms. The van der Waals surface area contributed by atoms with Gasteiger partial charge in [-0.05, 0) is 49.1 Å². The van der Waals surface area contributed by atoms with Crippen LogP contribution in [0.2, 0.25) is 0 Å². The highest BCUT2D eigenvalue weighted by molar-refractivity contribution is 5.78. The van der Waals surface area contributed by atoms with E-state index < -0.39 is 11.7 Å². The van der Waals surface area contributed by atoms with Crippen LogP contribution in [0.25, 0.3) is 22.2 Å². The lowest BCUT2D eigenvalue weighted by molar-refractivity contribution is -0.137. The van der Waals surface area contributed by atoms with Crippen molar-refractivity contribution in [2.24, 2.45) is 0 Å². The third kappa shape index (κ3) is 4.30. The van der Waals surface area contributed by atoms with E-state index in [1.54, 1.807) is 12.5 Å². The number of alkyl halides is 3. The number of benzene rings is 2. The van der Waals surface area contributed by atoms with Gasteiger partial charge in [-0.3, -0.25) is 9.89 Å². The fourth-order valence-corrected chi connectivity index (χ4v) is 4.70. The lowest BCUT2D eigenvalue weighted by Gasteiger charge is -2.36.